The summed E-state index contributed by atoms with van der Waals surface area (Å²) < 4.78 is 5.13. The summed E-state index contributed by atoms with van der Waals surface area (Å²) in [5.74, 6) is -0.117. The Hall–Kier alpha value is -2.97. The van der Waals surface area contributed by atoms with Gasteiger partial charge in [0, 0.05) is 5.56 Å². The van der Waals surface area contributed by atoms with Crippen molar-refractivity contribution in [2.24, 2.45) is 0 Å². The SMILES string of the molecule is COc1ccc(-c2nnc(NC(=O)C(C)NC(=O)C(Cl)c3ccccc3)s2)cc1. The number of aromatic nitrogens is 2. The van der Waals surface area contributed by atoms with Crippen molar-refractivity contribution in [3.8, 4) is 16.3 Å². The van der Waals surface area contributed by atoms with E-state index in [1.54, 1.807) is 38.3 Å². The minimum atomic E-state index is -0.880. The number of amides is 2. The Morgan fingerprint density at radius 3 is 2.38 bits per heavy atom. The molecule has 2 atom stereocenters. The number of methoxy groups -OCH3 is 1. The molecule has 7 nitrogen and oxygen atoms in total. The summed E-state index contributed by atoms with van der Waals surface area (Å²) in [6.07, 6.45) is 0. The Kier molecular flexibility index (Phi) is 6.79. The number of rotatable bonds is 7. The van der Waals surface area contributed by atoms with Crippen molar-refractivity contribution >= 4 is 39.9 Å². The second-order valence-corrected chi connectivity index (χ2v) is 7.55. The van der Waals surface area contributed by atoms with Crippen molar-refractivity contribution < 1.29 is 14.3 Å². The van der Waals surface area contributed by atoms with Gasteiger partial charge in [0.05, 0.1) is 7.11 Å². The molecular formula is C20H19ClN4O3S. The molecular weight excluding hydrogens is 412 g/mol. The van der Waals surface area contributed by atoms with E-state index in [-0.39, 0.29) is 0 Å². The van der Waals surface area contributed by atoms with Gasteiger partial charge in [-0.05, 0) is 36.8 Å². The number of ether oxygens (including phenoxy) is 1. The van der Waals surface area contributed by atoms with E-state index in [0.29, 0.717) is 15.7 Å². The number of carbonyl (C=O) groups is 2. The number of nitrogens with one attached hydrogen (secondary N) is 2. The zero-order chi connectivity index (χ0) is 20.8. The van der Waals surface area contributed by atoms with E-state index in [2.05, 4.69) is 20.8 Å². The first kappa shape index (κ1) is 20.8. The van der Waals surface area contributed by atoms with Crippen LogP contribution < -0.4 is 15.4 Å². The van der Waals surface area contributed by atoms with Crippen LogP contribution in [0.1, 0.15) is 17.9 Å². The number of benzene rings is 2. The van der Waals surface area contributed by atoms with E-state index in [1.165, 1.54) is 11.3 Å². The first-order valence-corrected chi connectivity index (χ1v) is 10.0. The van der Waals surface area contributed by atoms with Crippen LogP contribution in [0, 0.1) is 0 Å². The molecule has 2 aromatic carbocycles. The number of hydrogen-bond acceptors (Lipinski definition) is 6. The van der Waals surface area contributed by atoms with Crippen molar-refractivity contribution in [3.63, 3.8) is 0 Å². The number of anilines is 1. The Balaban J connectivity index is 1.58. The smallest absolute Gasteiger partial charge is 0.248 e. The van der Waals surface area contributed by atoms with Crippen molar-refractivity contribution in [1.29, 1.82) is 0 Å². The quantitative estimate of drug-likeness (QED) is 0.558. The van der Waals surface area contributed by atoms with Gasteiger partial charge in [0.2, 0.25) is 16.9 Å². The van der Waals surface area contributed by atoms with Gasteiger partial charge in [-0.1, -0.05) is 41.7 Å². The van der Waals surface area contributed by atoms with Crippen LogP contribution in [0.3, 0.4) is 0 Å². The number of hydrogen-bond donors (Lipinski definition) is 2. The highest BCUT2D eigenvalue weighted by molar-refractivity contribution is 7.18. The third-order valence-corrected chi connectivity index (χ3v) is 5.40. The maximum atomic E-state index is 12.4. The molecule has 0 aliphatic heterocycles. The second-order valence-electron chi connectivity index (χ2n) is 6.13. The highest BCUT2D eigenvalue weighted by Gasteiger charge is 2.23. The van der Waals surface area contributed by atoms with E-state index in [0.717, 1.165) is 11.3 Å². The first-order valence-electron chi connectivity index (χ1n) is 8.76. The molecule has 29 heavy (non-hydrogen) atoms. The van der Waals surface area contributed by atoms with Crippen molar-refractivity contribution in [2.45, 2.75) is 18.3 Å². The van der Waals surface area contributed by atoms with Gasteiger partial charge in [0.15, 0.2) is 0 Å². The standard InChI is InChI=1S/C20H19ClN4O3S/c1-12(22-18(27)16(21)13-6-4-3-5-7-13)17(26)23-20-25-24-19(29-20)14-8-10-15(28-2)11-9-14/h3-12,16H,1-2H3,(H,22,27)(H,23,25,26). The van der Waals surface area contributed by atoms with Gasteiger partial charge in [0.25, 0.3) is 0 Å². The fourth-order valence-electron chi connectivity index (χ4n) is 2.46. The third kappa shape index (κ3) is 5.30. The number of halogens is 1. The lowest BCUT2D eigenvalue weighted by Gasteiger charge is -2.15. The maximum absolute atomic E-state index is 12.4. The van der Waals surface area contributed by atoms with Crippen molar-refractivity contribution in [3.05, 3.63) is 60.2 Å². The summed E-state index contributed by atoms with van der Waals surface area (Å²) in [6, 6.07) is 15.5. The fourth-order valence-corrected chi connectivity index (χ4v) is 3.42. The van der Waals surface area contributed by atoms with E-state index in [4.69, 9.17) is 16.3 Å². The summed E-state index contributed by atoms with van der Waals surface area (Å²) >= 11 is 7.42. The van der Waals surface area contributed by atoms with Crippen molar-refractivity contribution in [2.75, 3.05) is 12.4 Å². The van der Waals surface area contributed by atoms with Gasteiger partial charge >= 0.3 is 0 Å². The summed E-state index contributed by atoms with van der Waals surface area (Å²) in [5.41, 5.74) is 1.52. The van der Waals surface area contributed by atoms with Crippen molar-refractivity contribution in [1.82, 2.24) is 15.5 Å². The van der Waals surface area contributed by atoms with Crippen LogP contribution in [-0.4, -0.2) is 35.2 Å². The van der Waals surface area contributed by atoms with E-state index in [1.807, 2.05) is 30.3 Å². The van der Waals surface area contributed by atoms with Gasteiger partial charge < -0.3 is 10.1 Å². The molecule has 0 bridgehead atoms. The molecule has 2 N–H and O–H groups in total. The molecule has 0 fully saturated rings. The maximum Gasteiger partial charge on any atom is 0.248 e. The molecule has 9 heteroatoms. The molecule has 1 heterocycles. The predicted octanol–water partition coefficient (Wildman–Crippen LogP) is 3.64. The van der Waals surface area contributed by atoms with Crippen LogP contribution >= 0.6 is 22.9 Å². The number of alkyl halides is 1. The lowest BCUT2D eigenvalue weighted by atomic mass is 10.1. The first-order chi connectivity index (χ1) is 14.0. The molecule has 2 unspecified atom stereocenters. The Morgan fingerprint density at radius 2 is 1.72 bits per heavy atom. The average molecular weight is 431 g/mol. The minimum absolute atomic E-state index is 0.340. The zero-order valence-corrected chi connectivity index (χ0v) is 17.3. The van der Waals surface area contributed by atoms with Crippen LogP contribution in [0.15, 0.2) is 54.6 Å². The second kappa shape index (κ2) is 9.49. The Morgan fingerprint density at radius 1 is 1.03 bits per heavy atom. The fraction of sp³-hybridized carbons (Fsp3) is 0.200. The minimum Gasteiger partial charge on any atom is -0.497 e. The molecule has 0 aliphatic rings. The molecule has 150 valence electrons. The van der Waals surface area contributed by atoms with Crippen LogP contribution in [0.2, 0.25) is 0 Å². The summed E-state index contributed by atoms with van der Waals surface area (Å²) in [5, 5.41) is 13.5. The topological polar surface area (TPSA) is 93.2 Å². The molecule has 0 saturated carbocycles. The van der Waals surface area contributed by atoms with E-state index >= 15 is 0 Å². The molecule has 0 radical (unpaired) electrons. The predicted molar refractivity (Wildman–Crippen MR) is 113 cm³/mol. The van der Waals surface area contributed by atoms with E-state index in [9.17, 15) is 9.59 Å². The molecule has 0 saturated heterocycles. The lowest BCUT2D eigenvalue weighted by molar-refractivity contribution is -0.126. The molecule has 1 aromatic heterocycles. The zero-order valence-electron chi connectivity index (χ0n) is 15.8. The van der Waals surface area contributed by atoms with Crippen LogP contribution in [-0.2, 0) is 9.59 Å². The van der Waals surface area contributed by atoms with Gasteiger partial charge in [-0.2, -0.15) is 0 Å². The Bertz CT molecular complexity index is 979. The highest BCUT2D eigenvalue weighted by Crippen LogP contribution is 2.28. The molecule has 0 aliphatic carbocycles. The Labute approximate surface area is 177 Å². The molecule has 3 aromatic rings. The lowest BCUT2D eigenvalue weighted by Crippen LogP contribution is -2.42. The summed E-state index contributed by atoms with van der Waals surface area (Å²) in [7, 11) is 1.60. The average Bonchev–Trinajstić information content (AvgIpc) is 3.22. The largest absolute Gasteiger partial charge is 0.497 e. The van der Waals surface area contributed by atoms with Gasteiger partial charge in [-0.15, -0.1) is 21.8 Å². The third-order valence-electron chi connectivity index (χ3n) is 4.07. The van der Waals surface area contributed by atoms with Gasteiger partial charge in [-0.3, -0.25) is 14.9 Å². The highest BCUT2D eigenvalue weighted by atomic mass is 35.5. The molecule has 0 spiro atoms. The van der Waals surface area contributed by atoms with E-state index < -0.39 is 23.2 Å². The summed E-state index contributed by atoms with van der Waals surface area (Å²) in [6.45, 7) is 1.58. The number of nitrogens with zero attached hydrogens (tertiary/aromatic N) is 2. The van der Waals surface area contributed by atoms with Gasteiger partial charge in [0.1, 0.15) is 22.2 Å². The van der Waals surface area contributed by atoms with Crippen LogP contribution in [0.4, 0.5) is 5.13 Å². The summed E-state index contributed by atoms with van der Waals surface area (Å²) in [4.78, 5) is 24.7. The molecule has 2 amide bonds. The normalized spacial score (nSPS) is 12.7. The monoisotopic (exact) mass is 430 g/mol. The molecule has 3 rings (SSSR count). The number of carbonyl (C=O) groups excluding carboxylic acids is 2. The van der Waals surface area contributed by atoms with Crippen LogP contribution in [0.25, 0.3) is 10.6 Å². The van der Waals surface area contributed by atoms with Gasteiger partial charge in [-0.25, -0.2) is 0 Å². The van der Waals surface area contributed by atoms with Crippen LogP contribution in [0.5, 0.6) is 5.75 Å².